The Hall–Kier alpha value is -1.68. The van der Waals surface area contributed by atoms with Gasteiger partial charge >= 0.3 is 0 Å². The quantitative estimate of drug-likeness (QED) is 0.413. The Labute approximate surface area is 83.8 Å². The van der Waals surface area contributed by atoms with Crippen molar-refractivity contribution in [3.8, 4) is 0 Å². The van der Waals surface area contributed by atoms with Gasteiger partial charge in [0.25, 0.3) is 0 Å². The zero-order chi connectivity index (χ0) is 9.54. The molecule has 0 aliphatic rings. The van der Waals surface area contributed by atoms with Crippen LogP contribution >= 0.6 is 11.3 Å². The average Bonchev–Trinajstić information content (AvgIpc) is 2.66. The molecule has 3 aromatic rings. The number of hydrogen-bond acceptors (Lipinski definition) is 3. The van der Waals surface area contributed by atoms with Gasteiger partial charge in [0.05, 0.1) is 10.1 Å². The van der Waals surface area contributed by atoms with Gasteiger partial charge in [0, 0.05) is 12.3 Å². The molecule has 68 valence electrons. The maximum Gasteiger partial charge on any atom is 0.243 e. The molecule has 0 saturated heterocycles. The lowest BCUT2D eigenvalue weighted by molar-refractivity contribution is -0.575. The SMILES string of the molecule is [O-][n+]1cc2ccsc2c2ncccc21. The first kappa shape index (κ1) is 7.70. The highest BCUT2D eigenvalue weighted by Crippen LogP contribution is 2.25. The first-order valence-corrected chi connectivity index (χ1v) is 5.08. The second-order valence-electron chi connectivity index (χ2n) is 3.03. The van der Waals surface area contributed by atoms with Crippen molar-refractivity contribution >= 4 is 32.5 Å². The van der Waals surface area contributed by atoms with Crippen LogP contribution in [-0.2, 0) is 0 Å². The molecule has 0 aromatic carbocycles. The minimum Gasteiger partial charge on any atom is -0.618 e. The van der Waals surface area contributed by atoms with Crippen LogP contribution in [0.3, 0.4) is 0 Å². The monoisotopic (exact) mass is 202 g/mol. The van der Waals surface area contributed by atoms with Gasteiger partial charge in [-0.2, -0.15) is 4.73 Å². The highest BCUT2D eigenvalue weighted by Gasteiger charge is 2.10. The molecule has 0 saturated carbocycles. The fourth-order valence-electron chi connectivity index (χ4n) is 1.56. The summed E-state index contributed by atoms with van der Waals surface area (Å²) in [6.07, 6.45) is 3.30. The van der Waals surface area contributed by atoms with Gasteiger partial charge in [0.15, 0.2) is 11.7 Å². The standard InChI is InChI=1S/C10H6N2OS/c13-12-6-7-3-5-14-10(7)9-8(12)2-1-4-11-9/h1-6H. The number of hydrogen-bond donors (Lipinski definition) is 0. The van der Waals surface area contributed by atoms with Crippen molar-refractivity contribution in [1.29, 1.82) is 0 Å². The molecule has 0 bridgehead atoms. The minimum atomic E-state index is 0.627. The van der Waals surface area contributed by atoms with Gasteiger partial charge in [-0.25, -0.2) is 4.98 Å². The first-order valence-electron chi connectivity index (χ1n) is 4.20. The third-order valence-corrected chi connectivity index (χ3v) is 3.13. The Kier molecular flexibility index (Phi) is 1.46. The maximum absolute atomic E-state index is 11.6. The van der Waals surface area contributed by atoms with Crippen molar-refractivity contribution < 1.29 is 4.73 Å². The molecule has 0 unspecified atom stereocenters. The van der Waals surface area contributed by atoms with E-state index in [1.807, 2.05) is 11.4 Å². The van der Waals surface area contributed by atoms with E-state index in [4.69, 9.17) is 0 Å². The Morgan fingerprint density at radius 3 is 3.21 bits per heavy atom. The topological polar surface area (TPSA) is 39.8 Å². The van der Waals surface area contributed by atoms with Gasteiger partial charge < -0.3 is 5.21 Å². The van der Waals surface area contributed by atoms with Crippen LogP contribution in [0.5, 0.6) is 0 Å². The molecule has 0 aliphatic carbocycles. The lowest BCUT2D eigenvalue weighted by Crippen LogP contribution is -2.26. The van der Waals surface area contributed by atoms with E-state index in [2.05, 4.69) is 4.98 Å². The summed E-state index contributed by atoms with van der Waals surface area (Å²) in [4.78, 5) is 4.23. The molecule has 3 heterocycles. The normalized spacial score (nSPS) is 11.1. The Bertz CT molecular complexity index is 618. The van der Waals surface area contributed by atoms with Crippen molar-refractivity contribution in [3.63, 3.8) is 0 Å². The predicted octanol–water partition coefficient (Wildman–Crippen LogP) is 2.08. The van der Waals surface area contributed by atoms with E-state index in [0.717, 1.165) is 20.3 Å². The second-order valence-corrected chi connectivity index (χ2v) is 3.95. The summed E-state index contributed by atoms with van der Waals surface area (Å²) in [6, 6.07) is 5.49. The fourth-order valence-corrected chi connectivity index (χ4v) is 2.44. The molecule has 0 radical (unpaired) electrons. The smallest absolute Gasteiger partial charge is 0.243 e. The number of pyridine rings is 2. The summed E-state index contributed by atoms with van der Waals surface area (Å²) in [5, 5.41) is 14.5. The molecule has 0 amide bonds. The molecular formula is C10H6N2OS. The Morgan fingerprint density at radius 1 is 1.36 bits per heavy atom. The minimum absolute atomic E-state index is 0.627. The number of thiophene rings is 1. The van der Waals surface area contributed by atoms with E-state index < -0.39 is 0 Å². The van der Waals surface area contributed by atoms with Crippen molar-refractivity contribution in [2.75, 3.05) is 0 Å². The molecule has 0 fully saturated rings. The molecule has 4 heteroatoms. The van der Waals surface area contributed by atoms with Crippen LogP contribution in [0.15, 0.2) is 36.0 Å². The lowest BCUT2D eigenvalue weighted by atomic mass is 10.3. The van der Waals surface area contributed by atoms with Gasteiger partial charge in [-0.05, 0) is 17.5 Å². The van der Waals surface area contributed by atoms with Gasteiger partial charge in [0.1, 0.15) is 0 Å². The lowest BCUT2D eigenvalue weighted by Gasteiger charge is -2.00. The predicted molar refractivity (Wildman–Crippen MR) is 56.1 cm³/mol. The van der Waals surface area contributed by atoms with Crippen molar-refractivity contribution in [2.45, 2.75) is 0 Å². The van der Waals surface area contributed by atoms with Gasteiger partial charge in [0.2, 0.25) is 5.52 Å². The Morgan fingerprint density at radius 2 is 2.29 bits per heavy atom. The molecular weight excluding hydrogens is 196 g/mol. The van der Waals surface area contributed by atoms with Crippen LogP contribution < -0.4 is 4.73 Å². The number of fused-ring (bicyclic) bond motifs is 3. The third kappa shape index (κ3) is 0.914. The zero-order valence-corrected chi connectivity index (χ0v) is 7.99. The summed E-state index contributed by atoms with van der Waals surface area (Å²) < 4.78 is 1.95. The highest BCUT2D eigenvalue weighted by molar-refractivity contribution is 7.18. The molecule has 3 aromatic heterocycles. The van der Waals surface area contributed by atoms with E-state index in [-0.39, 0.29) is 0 Å². The van der Waals surface area contributed by atoms with Crippen LogP contribution in [-0.4, -0.2) is 4.98 Å². The number of aromatic nitrogens is 2. The summed E-state index contributed by atoms with van der Waals surface area (Å²) in [6.45, 7) is 0. The van der Waals surface area contributed by atoms with Gasteiger partial charge in [-0.1, -0.05) is 0 Å². The van der Waals surface area contributed by atoms with E-state index in [9.17, 15) is 5.21 Å². The van der Waals surface area contributed by atoms with Crippen molar-refractivity contribution in [2.24, 2.45) is 0 Å². The molecule has 0 spiro atoms. The molecule has 14 heavy (non-hydrogen) atoms. The summed E-state index contributed by atoms with van der Waals surface area (Å²) in [5.41, 5.74) is 1.41. The van der Waals surface area contributed by atoms with Crippen LogP contribution in [0.2, 0.25) is 0 Å². The largest absolute Gasteiger partial charge is 0.618 e. The first-order chi connectivity index (χ1) is 6.86. The molecule has 0 aliphatic heterocycles. The molecule has 3 nitrogen and oxygen atoms in total. The van der Waals surface area contributed by atoms with Crippen molar-refractivity contribution in [1.82, 2.24) is 4.98 Å². The third-order valence-electron chi connectivity index (χ3n) is 2.19. The highest BCUT2D eigenvalue weighted by atomic mass is 32.1. The van der Waals surface area contributed by atoms with E-state index >= 15 is 0 Å². The molecule has 0 atom stereocenters. The fraction of sp³-hybridized carbons (Fsp3) is 0. The summed E-state index contributed by atoms with van der Waals surface area (Å²) >= 11 is 1.61. The zero-order valence-electron chi connectivity index (χ0n) is 7.18. The number of nitrogens with zero attached hydrogens (tertiary/aromatic N) is 2. The number of rotatable bonds is 0. The summed E-state index contributed by atoms with van der Waals surface area (Å²) in [5.74, 6) is 0. The molecule has 3 rings (SSSR count). The Balaban J connectivity index is 2.67. The van der Waals surface area contributed by atoms with E-state index in [1.165, 1.54) is 0 Å². The molecule has 0 N–H and O–H groups in total. The van der Waals surface area contributed by atoms with E-state index in [0.29, 0.717) is 5.52 Å². The van der Waals surface area contributed by atoms with Crippen molar-refractivity contribution in [3.05, 3.63) is 41.2 Å². The van der Waals surface area contributed by atoms with Crippen LogP contribution in [0.4, 0.5) is 0 Å². The van der Waals surface area contributed by atoms with Crippen LogP contribution in [0.1, 0.15) is 0 Å². The maximum atomic E-state index is 11.6. The summed E-state index contributed by atoms with van der Waals surface area (Å²) in [7, 11) is 0. The van der Waals surface area contributed by atoms with Gasteiger partial charge in [-0.15, -0.1) is 11.3 Å². The average molecular weight is 202 g/mol. The van der Waals surface area contributed by atoms with E-state index in [1.54, 1.807) is 35.9 Å². The van der Waals surface area contributed by atoms with Gasteiger partial charge in [-0.3, -0.25) is 0 Å². The van der Waals surface area contributed by atoms with Crippen LogP contribution in [0, 0.1) is 5.21 Å². The van der Waals surface area contributed by atoms with Crippen LogP contribution in [0.25, 0.3) is 21.1 Å². The second kappa shape index (κ2) is 2.65.